The number of amides is 1. The van der Waals surface area contributed by atoms with E-state index in [0.717, 1.165) is 25.7 Å². The van der Waals surface area contributed by atoms with E-state index in [-0.39, 0.29) is 30.0 Å². The summed E-state index contributed by atoms with van der Waals surface area (Å²) in [6.45, 7) is 0.661. The standard InChI is InChI=1S/C16H22F2N2O2.ClH/c1-10-6-7-11(9-13(10)22-15(17)18)20-14(21)12-5-3-4-8-16(12,2)19;/h6-7,9,12,15H,3-5,8,19H2,1-2H3,(H,20,21);1H. The number of halogens is 3. The molecular formula is C16H23ClF2N2O2. The van der Waals surface area contributed by atoms with Gasteiger partial charge in [0.05, 0.1) is 5.92 Å². The maximum atomic E-state index is 12.4. The highest BCUT2D eigenvalue weighted by atomic mass is 35.5. The van der Waals surface area contributed by atoms with Gasteiger partial charge in [0.2, 0.25) is 5.91 Å². The van der Waals surface area contributed by atoms with Crippen LogP contribution in [0.1, 0.15) is 38.2 Å². The Morgan fingerprint density at radius 3 is 2.74 bits per heavy atom. The van der Waals surface area contributed by atoms with Crippen molar-refractivity contribution in [1.82, 2.24) is 0 Å². The third-order valence-corrected chi connectivity index (χ3v) is 4.24. The molecular weight excluding hydrogens is 326 g/mol. The molecule has 1 aromatic rings. The highest BCUT2D eigenvalue weighted by molar-refractivity contribution is 5.93. The third-order valence-electron chi connectivity index (χ3n) is 4.24. The molecule has 130 valence electrons. The van der Waals surface area contributed by atoms with Crippen LogP contribution in [0.2, 0.25) is 0 Å². The minimum Gasteiger partial charge on any atom is -0.434 e. The summed E-state index contributed by atoms with van der Waals surface area (Å²) in [5.41, 5.74) is 6.70. The lowest BCUT2D eigenvalue weighted by molar-refractivity contribution is -0.122. The first-order valence-electron chi connectivity index (χ1n) is 7.45. The van der Waals surface area contributed by atoms with E-state index in [9.17, 15) is 13.6 Å². The molecule has 0 spiro atoms. The second-order valence-corrected chi connectivity index (χ2v) is 6.15. The van der Waals surface area contributed by atoms with Crippen molar-refractivity contribution in [2.45, 2.75) is 51.7 Å². The summed E-state index contributed by atoms with van der Waals surface area (Å²) in [5, 5.41) is 2.76. The van der Waals surface area contributed by atoms with Crippen molar-refractivity contribution >= 4 is 24.0 Å². The smallest absolute Gasteiger partial charge is 0.387 e. The van der Waals surface area contributed by atoms with E-state index < -0.39 is 12.2 Å². The van der Waals surface area contributed by atoms with Crippen LogP contribution in [0.15, 0.2) is 18.2 Å². The van der Waals surface area contributed by atoms with Gasteiger partial charge < -0.3 is 15.8 Å². The van der Waals surface area contributed by atoms with Gasteiger partial charge >= 0.3 is 6.61 Å². The maximum Gasteiger partial charge on any atom is 0.387 e. The summed E-state index contributed by atoms with van der Waals surface area (Å²) in [6.07, 6.45) is 3.54. The van der Waals surface area contributed by atoms with E-state index in [1.165, 1.54) is 6.07 Å². The number of rotatable bonds is 4. The van der Waals surface area contributed by atoms with Gasteiger partial charge in [-0.3, -0.25) is 4.79 Å². The number of carbonyl (C=O) groups is 1. The molecule has 7 heteroatoms. The first-order chi connectivity index (χ1) is 10.3. The summed E-state index contributed by atoms with van der Waals surface area (Å²) in [6, 6.07) is 4.72. The SMILES string of the molecule is Cc1ccc(NC(=O)C2CCCCC2(C)N)cc1OC(F)F.Cl. The quantitative estimate of drug-likeness (QED) is 0.868. The Balaban J connectivity index is 0.00000264. The van der Waals surface area contributed by atoms with Crippen LogP contribution in [-0.2, 0) is 4.79 Å². The normalized spacial score (nSPS) is 24.0. The summed E-state index contributed by atoms with van der Waals surface area (Å²) < 4.78 is 29.2. The lowest BCUT2D eigenvalue weighted by Crippen LogP contribution is -2.51. The molecule has 2 rings (SSSR count). The van der Waals surface area contributed by atoms with Crippen LogP contribution in [0.5, 0.6) is 5.75 Å². The number of ether oxygens (including phenoxy) is 1. The number of nitrogens with one attached hydrogen (secondary N) is 1. The predicted octanol–water partition coefficient (Wildman–Crippen LogP) is 3.86. The summed E-state index contributed by atoms with van der Waals surface area (Å²) in [7, 11) is 0. The van der Waals surface area contributed by atoms with Crippen molar-refractivity contribution in [3.63, 3.8) is 0 Å². The van der Waals surface area contributed by atoms with Crippen LogP contribution >= 0.6 is 12.4 Å². The summed E-state index contributed by atoms with van der Waals surface area (Å²) in [5.74, 6) is -0.384. The zero-order chi connectivity index (χ0) is 16.3. The molecule has 3 N–H and O–H groups in total. The number of carbonyl (C=O) groups excluding carboxylic acids is 1. The van der Waals surface area contributed by atoms with Gasteiger partial charge in [0.25, 0.3) is 0 Å². The number of benzene rings is 1. The molecule has 23 heavy (non-hydrogen) atoms. The lowest BCUT2D eigenvalue weighted by Gasteiger charge is -2.37. The van der Waals surface area contributed by atoms with Crippen LogP contribution in [0, 0.1) is 12.8 Å². The molecule has 1 fully saturated rings. The molecule has 0 aliphatic heterocycles. The first kappa shape index (κ1) is 19.6. The molecule has 1 aliphatic rings. The first-order valence-corrected chi connectivity index (χ1v) is 7.45. The Morgan fingerprint density at radius 2 is 2.13 bits per heavy atom. The van der Waals surface area contributed by atoms with Gasteiger partial charge in [-0.1, -0.05) is 18.9 Å². The number of aryl methyl sites for hydroxylation is 1. The van der Waals surface area contributed by atoms with Gasteiger partial charge in [0, 0.05) is 17.3 Å². The highest BCUT2D eigenvalue weighted by Gasteiger charge is 2.37. The van der Waals surface area contributed by atoms with Crippen LogP contribution in [0.3, 0.4) is 0 Å². The Labute approximate surface area is 141 Å². The van der Waals surface area contributed by atoms with Crippen molar-refractivity contribution in [3.8, 4) is 5.75 Å². The minimum absolute atomic E-state index is 0. The molecule has 1 saturated carbocycles. The molecule has 1 aliphatic carbocycles. The second kappa shape index (κ2) is 7.93. The van der Waals surface area contributed by atoms with Crippen LogP contribution < -0.4 is 15.8 Å². The lowest BCUT2D eigenvalue weighted by atomic mass is 9.74. The van der Waals surface area contributed by atoms with E-state index in [0.29, 0.717) is 11.3 Å². The van der Waals surface area contributed by atoms with E-state index in [4.69, 9.17) is 5.73 Å². The number of anilines is 1. The Hall–Kier alpha value is -1.40. The second-order valence-electron chi connectivity index (χ2n) is 6.15. The van der Waals surface area contributed by atoms with Crippen molar-refractivity contribution in [1.29, 1.82) is 0 Å². The molecule has 0 saturated heterocycles. The Morgan fingerprint density at radius 1 is 1.43 bits per heavy atom. The predicted molar refractivity (Wildman–Crippen MR) is 88.2 cm³/mol. The van der Waals surface area contributed by atoms with Gasteiger partial charge in [-0.25, -0.2) is 0 Å². The molecule has 2 atom stereocenters. The molecule has 0 aromatic heterocycles. The van der Waals surface area contributed by atoms with Crippen molar-refractivity contribution in [2.24, 2.45) is 11.7 Å². The Bertz CT molecular complexity index is 553. The zero-order valence-electron chi connectivity index (χ0n) is 13.3. The number of hydrogen-bond donors (Lipinski definition) is 2. The summed E-state index contributed by atoms with van der Waals surface area (Å²) >= 11 is 0. The summed E-state index contributed by atoms with van der Waals surface area (Å²) in [4.78, 5) is 12.4. The highest BCUT2D eigenvalue weighted by Crippen LogP contribution is 2.33. The Kier molecular flexibility index (Phi) is 6.77. The molecule has 1 amide bonds. The topological polar surface area (TPSA) is 64.4 Å². The van der Waals surface area contributed by atoms with Gasteiger partial charge in [0.15, 0.2) is 0 Å². The van der Waals surface area contributed by atoms with Gasteiger partial charge in [-0.2, -0.15) is 8.78 Å². The molecule has 1 aromatic carbocycles. The minimum atomic E-state index is -2.89. The fourth-order valence-electron chi connectivity index (χ4n) is 2.92. The fourth-order valence-corrected chi connectivity index (χ4v) is 2.92. The number of hydrogen-bond acceptors (Lipinski definition) is 3. The van der Waals surface area contributed by atoms with Crippen LogP contribution in [-0.4, -0.2) is 18.1 Å². The largest absolute Gasteiger partial charge is 0.434 e. The monoisotopic (exact) mass is 348 g/mol. The average Bonchev–Trinajstić information content (AvgIpc) is 2.41. The molecule has 2 unspecified atom stereocenters. The van der Waals surface area contributed by atoms with Crippen molar-refractivity contribution < 1.29 is 18.3 Å². The average molecular weight is 349 g/mol. The molecule has 0 radical (unpaired) electrons. The van der Waals surface area contributed by atoms with Gasteiger partial charge in [-0.15, -0.1) is 12.4 Å². The van der Waals surface area contributed by atoms with Crippen LogP contribution in [0.25, 0.3) is 0 Å². The molecule has 0 bridgehead atoms. The van der Waals surface area contributed by atoms with Crippen molar-refractivity contribution in [3.05, 3.63) is 23.8 Å². The number of alkyl halides is 2. The van der Waals surface area contributed by atoms with E-state index in [1.807, 2.05) is 6.92 Å². The maximum absolute atomic E-state index is 12.4. The van der Waals surface area contributed by atoms with Crippen molar-refractivity contribution in [2.75, 3.05) is 5.32 Å². The number of nitrogens with two attached hydrogens (primary N) is 1. The zero-order valence-corrected chi connectivity index (χ0v) is 14.1. The van der Waals surface area contributed by atoms with E-state index in [1.54, 1.807) is 19.1 Å². The third kappa shape index (κ3) is 5.04. The van der Waals surface area contributed by atoms with E-state index in [2.05, 4.69) is 10.1 Å². The van der Waals surface area contributed by atoms with Gasteiger partial charge in [0.1, 0.15) is 5.75 Å². The molecule has 4 nitrogen and oxygen atoms in total. The van der Waals surface area contributed by atoms with E-state index >= 15 is 0 Å². The molecule has 0 heterocycles. The fraction of sp³-hybridized carbons (Fsp3) is 0.562. The van der Waals surface area contributed by atoms with Crippen LogP contribution in [0.4, 0.5) is 14.5 Å². The van der Waals surface area contributed by atoms with Gasteiger partial charge in [-0.05, 0) is 38.3 Å².